The maximum absolute atomic E-state index is 13.0. The number of tetrazole rings is 1. The highest BCUT2D eigenvalue weighted by atomic mass is 16.5. The number of aromatic hydroxyl groups is 1. The number of benzene rings is 1. The van der Waals surface area contributed by atoms with Gasteiger partial charge in [0.2, 0.25) is 0 Å². The zero-order chi connectivity index (χ0) is 23.4. The van der Waals surface area contributed by atoms with E-state index in [0.717, 1.165) is 12.0 Å². The van der Waals surface area contributed by atoms with Gasteiger partial charge in [0.1, 0.15) is 23.8 Å². The van der Waals surface area contributed by atoms with E-state index in [4.69, 9.17) is 4.74 Å². The first-order chi connectivity index (χ1) is 16.0. The van der Waals surface area contributed by atoms with Crippen LogP contribution in [0, 0.1) is 0 Å². The Bertz CT molecular complexity index is 1350. The van der Waals surface area contributed by atoms with E-state index in [0.29, 0.717) is 47.6 Å². The largest absolute Gasteiger partial charge is 0.507 e. The van der Waals surface area contributed by atoms with Gasteiger partial charge < -0.3 is 9.84 Å². The highest BCUT2D eigenvalue weighted by Gasteiger charge is 2.17. The molecule has 170 valence electrons. The van der Waals surface area contributed by atoms with Crippen LogP contribution in [-0.4, -0.2) is 40.9 Å². The van der Waals surface area contributed by atoms with Crippen LogP contribution in [-0.2, 0) is 25.9 Å². The minimum Gasteiger partial charge on any atom is -0.507 e. The van der Waals surface area contributed by atoms with Crippen molar-refractivity contribution in [2.45, 2.75) is 46.1 Å². The Morgan fingerprint density at radius 2 is 2.03 bits per heavy atom. The fourth-order valence-electron chi connectivity index (χ4n) is 3.71. The van der Waals surface area contributed by atoms with Gasteiger partial charge in [-0.3, -0.25) is 14.0 Å². The lowest BCUT2D eigenvalue weighted by atomic mass is 10.0. The summed E-state index contributed by atoms with van der Waals surface area (Å²) in [5.74, 6) is 0.786. The van der Waals surface area contributed by atoms with Gasteiger partial charge >= 0.3 is 0 Å². The quantitative estimate of drug-likeness (QED) is 0.373. The van der Waals surface area contributed by atoms with Crippen molar-refractivity contribution >= 4 is 11.4 Å². The average Bonchev–Trinajstić information content (AvgIpc) is 3.33. The lowest BCUT2D eigenvalue weighted by molar-refractivity contribution is 0.101. The van der Waals surface area contributed by atoms with Crippen LogP contribution in [0.5, 0.6) is 11.5 Å². The average molecular weight is 448 g/mol. The molecule has 0 aliphatic carbocycles. The van der Waals surface area contributed by atoms with Gasteiger partial charge in [-0.1, -0.05) is 24.6 Å². The van der Waals surface area contributed by atoms with Gasteiger partial charge in [0.15, 0.2) is 11.6 Å². The standard InChI is InChI=1S/C23H24N6O4/c1-3-5-18-19(9-8-17(14(2)30)21(18)31)33-13-16-6-4-11-29-22(16)24-12-15(23(29)32)7-10-20-25-27-28-26-20/h4,6,8-9,11-12,31H,3,5,7,10,13H2,1-2H3,(H,25,26,27,28). The minimum atomic E-state index is -0.204. The fraction of sp³-hybridized carbons (Fsp3) is 0.304. The van der Waals surface area contributed by atoms with Crippen LogP contribution in [0.2, 0.25) is 0 Å². The maximum Gasteiger partial charge on any atom is 0.261 e. The third-order valence-electron chi connectivity index (χ3n) is 5.39. The molecule has 0 unspecified atom stereocenters. The van der Waals surface area contributed by atoms with Gasteiger partial charge in [0.05, 0.1) is 5.56 Å². The van der Waals surface area contributed by atoms with Crippen molar-refractivity contribution in [3.05, 3.63) is 75.1 Å². The Hall–Kier alpha value is -4.08. The maximum atomic E-state index is 13.0. The van der Waals surface area contributed by atoms with Crippen LogP contribution >= 0.6 is 0 Å². The molecule has 0 aliphatic heterocycles. The predicted octanol–water partition coefficient (Wildman–Crippen LogP) is 2.43. The summed E-state index contributed by atoms with van der Waals surface area (Å²) < 4.78 is 7.51. The van der Waals surface area contributed by atoms with E-state index >= 15 is 0 Å². The number of rotatable bonds is 9. The SMILES string of the molecule is CCCc1c(OCc2cccn3c(=O)c(CCc4nn[nH]n4)cnc23)ccc(C(C)=O)c1O. The summed E-state index contributed by atoms with van der Waals surface area (Å²) in [5.41, 5.74) is 2.46. The van der Waals surface area contributed by atoms with Gasteiger partial charge in [0, 0.05) is 35.5 Å². The van der Waals surface area contributed by atoms with E-state index in [-0.39, 0.29) is 29.3 Å². The number of aromatic nitrogens is 6. The Morgan fingerprint density at radius 3 is 2.76 bits per heavy atom. The molecule has 0 spiro atoms. The molecule has 4 rings (SSSR count). The fourth-order valence-corrected chi connectivity index (χ4v) is 3.71. The van der Waals surface area contributed by atoms with Crippen LogP contribution in [0.1, 0.15) is 53.1 Å². The van der Waals surface area contributed by atoms with Crippen molar-refractivity contribution < 1.29 is 14.6 Å². The number of aromatic amines is 1. The Balaban J connectivity index is 1.59. The summed E-state index contributed by atoms with van der Waals surface area (Å²) in [6, 6.07) is 6.86. The number of hydrogen-bond acceptors (Lipinski definition) is 8. The second kappa shape index (κ2) is 9.60. The summed E-state index contributed by atoms with van der Waals surface area (Å²) >= 11 is 0. The van der Waals surface area contributed by atoms with Crippen molar-refractivity contribution in [1.29, 1.82) is 0 Å². The second-order valence-electron chi connectivity index (χ2n) is 7.68. The van der Waals surface area contributed by atoms with Crippen LogP contribution < -0.4 is 10.3 Å². The molecular weight excluding hydrogens is 424 g/mol. The molecule has 0 atom stereocenters. The van der Waals surface area contributed by atoms with E-state index < -0.39 is 0 Å². The van der Waals surface area contributed by atoms with Crippen molar-refractivity contribution in [3.8, 4) is 11.5 Å². The molecule has 0 bridgehead atoms. The molecule has 3 aromatic heterocycles. The van der Waals surface area contributed by atoms with Crippen LogP contribution in [0.25, 0.3) is 5.65 Å². The molecule has 10 nitrogen and oxygen atoms in total. The number of phenolic OH excluding ortho intramolecular Hbond substituents is 1. The lowest BCUT2D eigenvalue weighted by Gasteiger charge is -2.15. The first-order valence-electron chi connectivity index (χ1n) is 10.7. The van der Waals surface area contributed by atoms with Gasteiger partial charge in [-0.05, 0) is 38.0 Å². The third kappa shape index (κ3) is 4.59. The highest BCUT2D eigenvalue weighted by Crippen LogP contribution is 2.33. The first kappa shape index (κ1) is 22.1. The summed E-state index contributed by atoms with van der Waals surface area (Å²) in [4.78, 5) is 29.2. The lowest BCUT2D eigenvalue weighted by Crippen LogP contribution is -2.21. The number of ether oxygens (including phenoxy) is 1. The van der Waals surface area contributed by atoms with Crippen molar-refractivity contribution in [2.75, 3.05) is 0 Å². The monoisotopic (exact) mass is 448 g/mol. The summed E-state index contributed by atoms with van der Waals surface area (Å²) in [7, 11) is 0. The van der Waals surface area contributed by atoms with Gasteiger partial charge in [-0.25, -0.2) is 4.98 Å². The Labute approximate surface area is 189 Å². The number of aryl methyl sites for hydroxylation is 2. The number of phenols is 1. The summed E-state index contributed by atoms with van der Waals surface area (Å²) in [6.45, 7) is 3.55. The molecular formula is C23H24N6O4. The first-order valence-corrected chi connectivity index (χ1v) is 10.7. The van der Waals surface area contributed by atoms with Gasteiger partial charge in [-0.15, -0.1) is 10.2 Å². The Morgan fingerprint density at radius 1 is 1.18 bits per heavy atom. The molecule has 2 N–H and O–H groups in total. The third-order valence-corrected chi connectivity index (χ3v) is 5.39. The molecule has 1 aromatic carbocycles. The summed E-state index contributed by atoms with van der Waals surface area (Å²) in [6.07, 6.45) is 5.50. The molecule has 0 fully saturated rings. The molecule has 0 saturated heterocycles. The number of ketones is 1. The van der Waals surface area contributed by atoms with Crippen molar-refractivity contribution in [1.82, 2.24) is 30.0 Å². The Kier molecular flexibility index (Phi) is 6.43. The molecule has 0 saturated carbocycles. The van der Waals surface area contributed by atoms with E-state index in [1.54, 1.807) is 30.6 Å². The van der Waals surface area contributed by atoms with Crippen LogP contribution in [0.3, 0.4) is 0 Å². The minimum absolute atomic E-state index is 0.0413. The number of nitrogens with zero attached hydrogens (tertiary/aromatic N) is 5. The number of pyridine rings is 1. The second-order valence-corrected chi connectivity index (χ2v) is 7.68. The number of hydrogen-bond donors (Lipinski definition) is 2. The van der Waals surface area contributed by atoms with Crippen LogP contribution in [0.15, 0.2) is 41.5 Å². The normalized spacial score (nSPS) is 11.1. The number of Topliss-reactive ketones (excluding diaryl/α,β-unsaturated/α-hetero) is 1. The molecule has 3 heterocycles. The number of carbonyl (C=O) groups excluding carboxylic acids is 1. The van der Waals surface area contributed by atoms with Gasteiger partial charge in [0.25, 0.3) is 5.56 Å². The van der Waals surface area contributed by atoms with Crippen molar-refractivity contribution in [3.63, 3.8) is 0 Å². The van der Waals surface area contributed by atoms with E-state index in [1.807, 2.05) is 13.0 Å². The summed E-state index contributed by atoms with van der Waals surface area (Å²) in [5, 5.41) is 24.3. The molecule has 0 aliphatic rings. The van der Waals surface area contributed by atoms with Crippen molar-refractivity contribution in [2.24, 2.45) is 0 Å². The molecule has 4 aromatic rings. The van der Waals surface area contributed by atoms with E-state index in [9.17, 15) is 14.7 Å². The molecule has 33 heavy (non-hydrogen) atoms. The predicted molar refractivity (Wildman–Crippen MR) is 119 cm³/mol. The smallest absolute Gasteiger partial charge is 0.261 e. The molecule has 10 heteroatoms. The zero-order valence-electron chi connectivity index (χ0n) is 18.4. The molecule has 0 radical (unpaired) electrons. The van der Waals surface area contributed by atoms with Gasteiger partial charge in [-0.2, -0.15) is 5.21 Å². The number of nitrogens with one attached hydrogen (secondary N) is 1. The molecule has 0 amide bonds. The van der Waals surface area contributed by atoms with E-state index in [2.05, 4.69) is 25.6 Å². The zero-order valence-corrected chi connectivity index (χ0v) is 18.4. The number of fused-ring (bicyclic) bond motifs is 1. The number of carbonyl (C=O) groups is 1. The topological polar surface area (TPSA) is 135 Å². The highest BCUT2D eigenvalue weighted by molar-refractivity contribution is 5.97. The van der Waals surface area contributed by atoms with Crippen LogP contribution in [0.4, 0.5) is 0 Å². The van der Waals surface area contributed by atoms with E-state index in [1.165, 1.54) is 11.3 Å². The number of H-pyrrole nitrogens is 1.